The number of imide groups is 1. The third-order valence-corrected chi connectivity index (χ3v) is 4.76. The van der Waals surface area contributed by atoms with Crippen LogP contribution in [-0.2, 0) is 22.2 Å². The summed E-state index contributed by atoms with van der Waals surface area (Å²) in [5, 5.41) is 9.36. The maximum absolute atomic E-state index is 14.1. The van der Waals surface area contributed by atoms with E-state index in [-0.39, 0.29) is 5.56 Å². The van der Waals surface area contributed by atoms with Crippen molar-refractivity contribution in [1.29, 1.82) is 0 Å². The number of anilines is 1. The van der Waals surface area contributed by atoms with Gasteiger partial charge >= 0.3 is 6.03 Å². The summed E-state index contributed by atoms with van der Waals surface area (Å²) in [6.07, 6.45) is 0. The number of hydrogen-bond acceptors (Lipinski definition) is 4. The molecule has 142 valence electrons. The fraction of sp³-hybridized carbons (Fsp3) is 0.333. The number of urea groups is 1. The molecule has 9 heteroatoms. The van der Waals surface area contributed by atoms with E-state index in [1.54, 1.807) is 31.6 Å². The van der Waals surface area contributed by atoms with Crippen LogP contribution in [0.4, 0.5) is 14.9 Å². The molecule has 27 heavy (non-hydrogen) atoms. The summed E-state index contributed by atoms with van der Waals surface area (Å²) < 4.78 is 15.8. The van der Waals surface area contributed by atoms with Crippen LogP contribution in [-0.4, -0.2) is 39.1 Å². The Morgan fingerprint density at radius 3 is 2.56 bits per heavy atom. The van der Waals surface area contributed by atoms with E-state index in [4.69, 9.17) is 0 Å². The molecule has 1 aliphatic rings. The second-order valence-corrected chi connectivity index (χ2v) is 6.64. The van der Waals surface area contributed by atoms with Gasteiger partial charge in [0.2, 0.25) is 5.91 Å². The van der Waals surface area contributed by atoms with E-state index in [1.807, 2.05) is 0 Å². The summed E-state index contributed by atoms with van der Waals surface area (Å²) in [5.41, 5.74) is 0.380. The number of amides is 4. The minimum atomic E-state index is -1.57. The van der Waals surface area contributed by atoms with Crippen molar-refractivity contribution in [2.45, 2.75) is 26.3 Å². The molecule has 8 nitrogen and oxygen atoms in total. The maximum Gasteiger partial charge on any atom is 0.325 e. The summed E-state index contributed by atoms with van der Waals surface area (Å²) in [7, 11) is 1.75. The van der Waals surface area contributed by atoms with Crippen LogP contribution in [0.25, 0.3) is 0 Å². The van der Waals surface area contributed by atoms with Crippen LogP contribution in [0.3, 0.4) is 0 Å². The molecule has 3 rings (SSSR count). The SMILES string of the molecule is Cc1nn(C)c(C)c1NC(=O)CN1C(=O)NC(C)(c2ccccc2F)C1=O. The number of carbonyl (C=O) groups excluding carboxylic acids is 3. The first-order chi connectivity index (χ1) is 12.6. The standard InChI is InChI=1S/C18H20FN5O3/c1-10-15(11(2)23(4)22-10)20-14(25)9-24-16(26)18(3,21-17(24)27)12-7-5-6-8-13(12)19/h5-8H,9H2,1-4H3,(H,20,25)(H,21,27). The largest absolute Gasteiger partial charge is 0.325 e. The zero-order valence-electron chi connectivity index (χ0n) is 15.5. The van der Waals surface area contributed by atoms with Gasteiger partial charge in [0.15, 0.2) is 0 Å². The first-order valence-electron chi connectivity index (χ1n) is 8.34. The van der Waals surface area contributed by atoms with Crippen molar-refractivity contribution < 1.29 is 18.8 Å². The van der Waals surface area contributed by atoms with E-state index >= 15 is 0 Å². The molecule has 1 aromatic carbocycles. The highest BCUT2D eigenvalue weighted by Crippen LogP contribution is 2.30. The molecule has 0 saturated carbocycles. The molecule has 1 aromatic heterocycles. The molecule has 2 N–H and O–H groups in total. The van der Waals surface area contributed by atoms with E-state index in [0.717, 1.165) is 10.6 Å². The van der Waals surface area contributed by atoms with Gasteiger partial charge in [-0.1, -0.05) is 18.2 Å². The molecule has 2 heterocycles. The first-order valence-corrected chi connectivity index (χ1v) is 8.34. The number of aryl methyl sites for hydroxylation is 2. The maximum atomic E-state index is 14.1. The Bertz CT molecular complexity index is 954. The topological polar surface area (TPSA) is 96.3 Å². The normalized spacial score (nSPS) is 19.4. The summed E-state index contributed by atoms with van der Waals surface area (Å²) in [6, 6.07) is 4.96. The van der Waals surface area contributed by atoms with Crippen molar-refractivity contribution in [3.8, 4) is 0 Å². The number of aromatic nitrogens is 2. The van der Waals surface area contributed by atoms with Crippen LogP contribution in [0, 0.1) is 19.7 Å². The minimum Gasteiger partial charge on any atom is -0.321 e. The van der Waals surface area contributed by atoms with E-state index in [0.29, 0.717) is 11.4 Å². The molecule has 1 aliphatic heterocycles. The van der Waals surface area contributed by atoms with Gasteiger partial charge in [-0.15, -0.1) is 0 Å². The summed E-state index contributed by atoms with van der Waals surface area (Å²) in [6.45, 7) is 4.46. The van der Waals surface area contributed by atoms with Crippen LogP contribution >= 0.6 is 0 Å². The van der Waals surface area contributed by atoms with Crippen molar-refractivity contribution in [1.82, 2.24) is 20.0 Å². The van der Waals surface area contributed by atoms with Crippen molar-refractivity contribution in [3.05, 3.63) is 47.0 Å². The summed E-state index contributed by atoms with van der Waals surface area (Å²) in [4.78, 5) is 38.3. The van der Waals surface area contributed by atoms with Crippen molar-refractivity contribution in [3.63, 3.8) is 0 Å². The van der Waals surface area contributed by atoms with Gasteiger partial charge in [-0.05, 0) is 26.8 Å². The zero-order valence-corrected chi connectivity index (χ0v) is 15.5. The van der Waals surface area contributed by atoms with Gasteiger partial charge in [0.1, 0.15) is 17.9 Å². The number of carbonyl (C=O) groups is 3. The average Bonchev–Trinajstić information content (AvgIpc) is 2.97. The van der Waals surface area contributed by atoms with Crippen molar-refractivity contribution in [2.24, 2.45) is 7.05 Å². The van der Waals surface area contributed by atoms with E-state index in [1.165, 1.54) is 25.1 Å². The monoisotopic (exact) mass is 373 g/mol. The molecular weight excluding hydrogens is 353 g/mol. The van der Waals surface area contributed by atoms with Crippen LogP contribution in [0.1, 0.15) is 23.9 Å². The Labute approximate surface area is 155 Å². The van der Waals surface area contributed by atoms with Gasteiger partial charge in [-0.2, -0.15) is 5.10 Å². The molecule has 0 aliphatic carbocycles. The van der Waals surface area contributed by atoms with E-state index < -0.39 is 35.7 Å². The van der Waals surface area contributed by atoms with Gasteiger partial charge in [0.05, 0.1) is 17.1 Å². The highest BCUT2D eigenvalue weighted by atomic mass is 19.1. The van der Waals surface area contributed by atoms with Crippen LogP contribution in [0.2, 0.25) is 0 Å². The highest BCUT2D eigenvalue weighted by molar-refractivity contribution is 6.10. The van der Waals surface area contributed by atoms with Crippen LogP contribution in [0.5, 0.6) is 0 Å². The Morgan fingerprint density at radius 2 is 1.96 bits per heavy atom. The second kappa shape index (κ2) is 6.49. The molecule has 1 atom stereocenters. The molecule has 0 spiro atoms. The van der Waals surface area contributed by atoms with Crippen molar-refractivity contribution in [2.75, 3.05) is 11.9 Å². The predicted octanol–water partition coefficient (Wildman–Crippen LogP) is 1.58. The highest BCUT2D eigenvalue weighted by Gasteiger charge is 2.50. The van der Waals surface area contributed by atoms with Gasteiger partial charge in [-0.25, -0.2) is 9.18 Å². The zero-order chi connectivity index (χ0) is 19.9. The molecular formula is C18H20FN5O3. The summed E-state index contributed by atoms with van der Waals surface area (Å²) in [5.74, 6) is -1.84. The van der Waals surface area contributed by atoms with E-state index in [9.17, 15) is 18.8 Å². The Morgan fingerprint density at radius 1 is 1.30 bits per heavy atom. The first kappa shape index (κ1) is 18.6. The number of hydrogen-bond donors (Lipinski definition) is 2. The second-order valence-electron chi connectivity index (χ2n) is 6.64. The van der Waals surface area contributed by atoms with E-state index in [2.05, 4.69) is 15.7 Å². The smallest absolute Gasteiger partial charge is 0.321 e. The Hall–Kier alpha value is -3.23. The Kier molecular flexibility index (Phi) is 4.46. The molecule has 1 unspecified atom stereocenters. The molecule has 1 fully saturated rings. The number of nitrogens with zero attached hydrogens (tertiary/aromatic N) is 3. The molecule has 4 amide bonds. The Balaban J connectivity index is 1.80. The molecule has 0 bridgehead atoms. The number of rotatable bonds is 4. The van der Waals surface area contributed by atoms with Crippen molar-refractivity contribution >= 4 is 23.5 Å². The third-order valence-electron chi connectivity index (χ3n) is 4.76. The quantitative estimate of drug-likeness (QED) is 0.796. The lowest BCUT2D eigenvalue weighted by Gasteiger charge is -2.22. The van der Waals surface area contributed by atoms with Crippen LogP contribution < -0.4 is 10.6 Å². The van der Waals surface area contributed by atoms with Gasteiger partial charge in [0.25, 0.3) is 5.91 Å². The number of halogens is 1. The average molecular weight is 373 g/mol. The number of nitrogens with one attached hydrogen (secondary N) is 2. The van der Waals surface area contributed by atoms with Crippen LogP contribution in [0.15, 0.2) is 24.3 Å². The lowest BCUT2D eigenvalue weighted by molar-refractivity contribution is -0.133. The fourth-order valence-corrected chi connectivity index (χ4v) is 3.17. The minimum absolute atomic E-state index is 0.0465. The lowest BCUT2D eigenvalue weighted by atomic mass is 9.91. The summed E-state index contributed by atoms with van der Waals surface area (Å²) >= 11 is 0. The molecule has 2 aromatic rings. The van der Waals surface area contributed by atoms with Gasteiger partial charge < -0.3 is 10.6 Å². The predicted molar refractivity (Wildman–Crippen MR) is 95.3 cm³/mol. The fourth-order valence-electron chi connectivity index (χ4n) is 3.17. The van der Waals surface area contributed by atoms with Gasteiger partial charge in [-0.3, -0.25) is 19.2 Å². The third kappa shape index (κ3) is 3.05. The lowest BCUT2D eigenvalue weighted by Crippen LogP contribution is -2.42. The van der Waals surface area contributed by atoms with Gasteiger partial charge in [0, 0.05) is 12.6 Å². The molecule has 1 saturated heterocycles. The molecule has 0 radical (unpaired) electrons. The number of benzene rings is 1.